The zero-order valence-corrected chi connectivity index (χ0v) is 6.06. The number of fused-ring (bicyclic) bond motifs is 2. The molecule has 0 aromatic carbocycles. The van der Waals surface area contributed by atoms with Gasteiger partial charge in [-0.05, 0) is 37.0 Å². The molecule has 0 saturated heterocycles. The number of nitrogens with two attached hydrogens (primary N) is 1. The van der Waals surface area contributed by atoms with E-state index in [0.29, 0.717) is 11.5 Å². The summed E-state index contributed by atoms with van der Waals surface area (Å²) < 4.78 is 0. The van der Waals surface area contributed by atoms with Crippen LogP contribution in [0.1, 0.15) is 32.6 Å². The van der Waals surface area contributed by atoms with Crippen LogP contribution in [0.3, 0.4) is 0 Å². The van der Waals surface area contributed by atoms with Gasteiger partial charge in [-0.15, -0.1) is 0 Å². The average molecular weight is 125 g/mol. The molecule has 2 aliphatic rings. The smallest absolute Gasteiger partial charge is 0.00956 e. The second kappa shape index (κ2) is 1.51. The van der Waals surface area contributed by atoms with Gasteiger partial charge in [0.1, 0.15) is 0 Å². The molecule has 0 unspecified atom stereocenters. The van der Waals surface area contributed by atoms with Crippen LogP contribution in [0.15, 0.2) is 0 Å². The van der Waals surface area contributed by atoms with E-state index in [2.05, 4.69) is 6.92 Å². The van der Waals surface area contributed by atoms with Gasteiger partial charge in [-0.1, -0.05) is 6.92 Å². The van der Waals surface area contributed by atoms with Crippen molar-refractivity contribution >= 4 is 0 Å². The molecule has 3 atom stereocenters. The van der Waals surface area contributed by atoms with Crippen molar-refractivity contribution in [1.29, 1.82) is 0 Å². The highest BCUT2D eigenvalue weighted by molar-refractivity contribution is 5.00. The highest BCUT2D eigenvalue weighted by Crippen LogP contribution is 2.52. The summed E-state index contributed by atoms with van der Waals surface area (Å²) >= 11 is 0. The first kappa shape index (κ1) is 5.72. The molecular weight excluding hydrogens is 110 g/mol. The summed E-state index contributed by atoms with van der Waals surface area (Å²) in [6.45, 7) is 2.35. The largest absolute Gasteiger partial charge is 0.327 e. The van der Waals surface area contributed by atoms with Crippen molar-refractivity contribution in [3.63, 3.8) is 0 Å². The van der Waals surface area contributed by atoms with Gasteiger partial charge in [0.05, 0.1) is 0 Å². The molecule has 2 bridgehead atoms. The van der Waals surface area contributed by atoms with Gasteiger partial charge in [0.2, 0.25) is 0 Å². The van der Waals surface area contributed by atoms with Gasteiger partial charge in [0.25, 0.3) is 0 Å². The minimum atomic E-state index is 0.524. The van der Waals surface area contributed by atoms with Gasteiger partial charge < -0.3 is 5.73 Å². The van der Waals surface area contributed by atoms with Crippen molar-refractivity contribution in [2.75, 3.05) is 0 Å². The molecule has 2 N–H and O–H groups in total. The third kappa shape index (κ3) is 0.644. The fourth-order valence-corrected chi connectivity index (χ4v) is 2.58. The Bertz CT molecular complexity index is 133. The topological polar surface area (TPSA) is 26.0 Å². The van der Waals surface area contributed by atoms with Crippen molar-refractivity contribution in [3.05, 3.63) is 0 Å². The summed E-state index contributed by atoms with van der Waals surface area (Å²) in [5.41, 5.74) is 6.50. The Morgan fingerprint density at radius 2 is 2.33 bits per heavy atom. The molecule has 2 aliphatic carbocycles. The zero-order chi connectivity index (χ0) is 6.48. The average Bonchev–Trinajstić information content (AvgIpc) is 2.22. The summed E-state index contributed by atoms with van der Waals surface area (Å²) in [6.07, 6.45) is 5.55. The molecule has 52 valence electrons. The molecule has 0 spiro atoms. The van der Waals surface area contributed by atoms with Crippen molar-refractivity contribution in [3.8, 4) is 0 Å². The first-order valence-electron chi connectivity index (χ1n) is 3.96. The van der Waals surface area contributed by atoms with Crippen molar-refractivity contribution in [2.24, 2.45) is 17.1 Å². The van der Waals surface area contributed by atoms with Crippen LogP contribution in [0.2, 0.25) is 0 Å². The number of hydrogen-bond acceptors (Lipinski definition) is 1. The van der Waals surface area contributed by atoms with Gasteiger partial charge in [-0.2, -0.15) is 0 Å². The lowest BCUT2D eigenvalue weighted by atomic mass is 9.83. The van der Waals surface area contributed by atoms with E-state index in [1.165, 1.54) is 25.7 Å². The third-order valence-electron chi connectivity index (χ3n) is 3.36. The van der Waals surface area contributed by atoms with Gasteiger partial charge >= 0.3 is 0 Å². The van der Waals surface area contributed by atoms with Crippen molar-refractivity contribution < 1.29 is 0 Å². The molecule has 2 fully saturated rings. The van der Waals surface area contributed by atoms with Crippen LogP contribution in [0.4, 0.5) is 0 Å². The number of hydrogen-bond donors (Lipinski definition) is 1. The van der Waals surface area contributed by atoms with E-state index in [1.807, 2.05) is 0 Å². The summed E-state index contributed by atoms with van der Waals surface area (Å²) in [5, 5.41) is 0. The van der Waals surface area contributed by atoms with E-state index < -0.39 is 0 Å². The predicted molar refractivity (Wildman–Crippen MR) is 38.0 cm³/mol. The molecule has 0 radical (unpaired) electrons. The van der Waals surface area contributed by atoms with Crippen LogP contribution >= 0.6 is 0 Å². The highest BCUT2D eigenvalue weighted by Gasteiger charge is 2.46. The second-order valence-electron chi connectivity index (χ2n) is 4.11. The summed E-state index contributed by atoms with van der Waals surface area (Å²) in [5.74, 6) is 0.991. The van der Waals surface area contributed by atoms with Crippen LogP contribution < -0.4 is 5.73 Å². The molecule has 2 saturated carbocycles. The Morgan fingerprint density at radius 1 is 1.56 bits per heavy atom. The van der Waals surface area contributed by atoms with Crippen LogP contribution in [0.5, 0.6) is 0 Å². The lowest BCUT2D eigenvalue weighted by Crippen LogP contribution is -2.34. The van der Waals surface area contributed by atoms with Gasteiger partial charge in [0, 0.05) is 6.04 Å². The van der Waals surface area contributed by atoms with Gasteiger partial charge in [-0.25, -0.2) is 0 Å². The molecule has 2 rings (SSSR count). The van der Waals surface area contributed by atoms with E-state index in [0.717, 1.165) is 5.92 Å². The molecule has 0 aromatic rings. The fourth-order valence-electron chi connectivity index (χ4n) is 2.58. The molecular formula is C8H15N. The van der Waals surface area contributed by atoms with E-state index in [1.54, 1.807) is 0 Å². The maximum atomic E-state index is 5.95. The van der Waals surface area contributed by atoms with Gasteiger partial charge in [-0.3, -0.25) is 0 Å². The first-order valence-corrected chi connectivity index (χ1v) is 3.96. The standard InChI is InChI=1S/C8H15N/c1-8-3-2-6(5-8)4-7(8)9/h6-7H,2-5,9H2,1H3/t6-,7+,8-/m0/s1. The minimum Gasteiger partial charge on any atom is -0.327 e. The Morgan fingerprint density at radius 3 is 2.56 bits per heavy atom. The van der Waals surface area contributed by atoms with E-state index in [-0.39, 0.29) is 0 Å². The lowest BCUT2D eigenvalue weighted by Gasteiger charge is -2.27. The van der Waals surface area contributed by atoms with Gasteiger partial charge in [0.15, 0.2) is 0 Å². The maximum absolute atomic E-state index is 5.95. The van der Waals surface area contributed by atoms with E-state index in [4.69, 9.17) is 5.73 Å². The quantitative estimate of drug-likeness (QED) is 0.522. The molecule has 1 nitrogen and oxygen atoms in total. The lowest BCUT2D eigenvalue weighted by molar-refractivity contribution is 0.282. The third-order valence-corrected chi connectivity index (χ3v) is 3.36. The van der Waals surface area contributed by atoms with Crippen LogP contribution in [0, 0.1) is 11.3 Å². The molecule has 0 aliphatic heterocycles. The Hall–Kier alpha value is -0.0400. The summed E-state index contributed by atoms with van der Waals surface area (Å²) in [4.78, 5) is 0. The zero-order valence-electron chi connectivity index (χ0n) is 6.06. The predicted octanol–water partition coefficient (Wildman–Crippen LogP) is 1.52. The fraction of sp³-hybridized carbons (Fsp3) is 1.00. The molecule has 0 aromatic heterocycles. The van der Waals surface area contributed by atoms with Crippen molar-refractivity contribution in [2.45, 2.75) is 38.6 Å². The Balaban J connectivity index is 2.22. The van der Waals surface area contributed by atoms with E-state index in [9.17, 15) is 0 Å². The summed E-state index contributed by atoms with van der Waals surface area (Å²) in [7, 11) is 0. The maximum Gasteiger partial charge on any atom is 0.00956 e. The molecule has 1 heteroatoms. The first-order chi connectivity index (χ1) is 4.21. The highest BCUT2D eigenvalue weighted by atomic mass is 14.7. The SMILES string of the molecule is C[C@@]12CC[C@@H](C[C@H]1N)C2. The normalized spacial score (nSPS) is 56.7. The molecule has 0 heterocycles. The molecule has 0 amide bonds. The van der Waals surface area contributed by atoms with Crippen molar-refractivity contribution in [1.82, 2.24) is 0 Å². The van der Waals surface area contributed by atoms with Crippen LogP contribution in [-0.4, -0.2) is 6.04 Å². The minimum absolute atomic E-state index is 0.524. The molecule has 9 heavy (non-hydrogen) atoms. The summed E-state index contributed by atoms with van der Waals surface area (Å²) in [6, 6.07) is 0.524. The Kier molecular flexibility index (Phi) is 0.963. The van der Waals surface area contributed by atoms with Crippen LogP contribution in [0.25, 0.3) is 0 Å². The monoisotopic (exact) mass is 125 g/mol. The Labute approximate surface area is 56.6 Å². The van der Waals surface area contributed by atoms with Crippen LogP contribution in [-0.2, 0) is 0 Å². The van der Waals surface area contributed by atoms with E-state index >= 15 is 0 Å². The second-order valence-corrected chi connectivity index (χ2v) is 4.11. The number of rotatable bonds is 0.